The summed E-state index contributed by atoms with van der Waals surface area (Å²) < 4.78 is 13.4. The Kier molecular flexibility index (Phi) is 6.05. The third-order valence-corrected chi connectivity index (χ3v) is 6.68. The number of rotatable bonds is 4. The molecule has 1 aliphatic rings. The van der Waals surface area contributed by atoms with E-state index >= 15 is 0 Å². The van der Waals surface area contributed by atoms with Gasteiger partial charge in [-0.15, -0.1) is 0 Å². The fourth-order valence-electron chi connectivity index (χ4n) is 2.91. The van der Waals surface area contributed by atoms with E-state index in [0.717, 1.165) is 4.90 Å². The molecule has 0 spiro atoms. The Morgan fingerprint density at radius 2 is 2.27 bits per heavy atom. The summed E-state index contributed by atoms with van der Waals surface area (Å²) in [6, 6.07) is 8.43. The number of alkyl halides is 1. The summed E-state index contributed by atoms with van der Waals surface area (Å²) in [5.74, 6) is -0.867. The van der Waals surface area contributed by atoms with Crippen LogP contribution in [0.2, 0.25) is 0 Å². The SMILES string of the molecule is N#CC1CC(F)CN1C(=O)CNC(=O)c1ccnc2ccc(S[At])cc12. The molecule has 6 nitrogen and oxygen atoms in total. The first kappa shape index (κ1) is 19.0. The van der Waals surface area contributed by atoms with E-state index in [0.29, 0.717) is 16.5 Å². The fourth-order valence-corrected chi connectivity index (χ4v) is 4.31. The Morgan fingerprint density at radius 1 is 1.46 bits per heavy atom. The first-order chi connectivity index (χ1) is 12.5. The van der Waals surface area contributed by atoms with Crippen molar-refractivity contribution < 1.29 is 37.2 Å². The number of amides is 2. The summed E-state index contributed by atoms with van der Waals surface area (Å²) >= 11 is 1.54. The average Bonchev–Trinajstić information content (AvgIpc) is 3.05. The van der Waals surface area contributed by atoms with Gasteiger partial charge in [0.25, 0.3) is 0 Å². The van der Waals surface area contributed by atoms with Crippen molar-refractivity contribution in [3.8, 4) is 6.07 Å². The van der Waals surface area contributed by atoms with E-state index in [1.807, 2.05) is 24.3 Å². The Balaban J connectivity index is 1.74. The molecule has 9 heteroatoms. The third-order valence-electron chi connectivity index (χ3n) is 4.17. The number of benzene rings is 1. The first-order valence-electron chi connectivity index (χ1n) is 7.82. The van der Waals surface area contributed by atoms with Crippen LogP contribution in [0, 0.1) is 34.6 Å². The van der Waals surface area contributed by atoms with Gasteiger partial charge in [0.15, 0.2) is 0 Å². The van der Waals surface area contributed by atoms with Gasteiger partial charge < -0.3 is 0 Å². The summed E-state index contributed by atoms with van der Waals surface area (Å²) in [5.41, 5.74) is 1.12. The molecule has 26 heavy (non-hydrogen) atoms. The van der Waals surface area contributed by atoms with E-state index < -0.39 is 24.0 Å². The monoisotopic (exact) mass is 567 g/mol. The van der Waals surface area contributed by atoms with E-state index in [1.54, 1.807) is 20.8 Å². The Labute approximate surface area is 167 Å². The second kappa shape index (κ2) is 8.28. The number of nitrogens with zero attached hydrogens (tertiary/aromatic N) is 3. The number of nitriles is 1. The molecule has 2 heterocycles. The molecule has 1 aliphatic heterocycles. The van der Waals surface area contributed by atoms with Crippen LogP contribution in [0.5, 0.6) is 0 Å². The topological polar surface area (TPSA) is 86.1 Å². The number of aromatic nitrogens is 1. The van der Waals surface area contributed by atoms with E-state index in [4.69, 9.17) is 5.26 Å². The molecule has 2 aromatic rings. The van der Waals surface area contributed by atoms with Crippen molar-refractivity contribution in [1.82, 2.24) is 15.2 Å². The van der Waals surface area contributed by atoms with Crippen LogP contribution in [0.1, 0.15) is 16.8 Å². The zero-order chi connectivity index (χ0) is 18.7. The van der Waals surface area contributed by atoms with Crippen molar-refractivity contribution in [2.24, 2.45) is 0 Å². The number of carbonyl (C=O) groups excluding carboxylic acids is 2. The van der Waals surface area contributed by atoms with Gasteiger partial charge in [0.2, 0.25) is 0 Å². The molecule has 1 aromatic heterocycles. The molecule has 1 aromatic carbocycles. The molecule has 0 bridgehead atoms. The number of pyridine rings is 1. The van der Waals surface area contributed by atoms with Crippen LogP contribution in [-0.4, -0.2) is 47.0 Å². The van der Waals surface area contributed by atoms with Crippen molar-refractivity contribution in [2.75, 3.05) is 13.1 Å². The standard InChI is InChI=1S/C17H14AtFN4O2S/c18-26-12-1-2-15-14(6-12)13(3-4-21-15)17(25)22-8-16(24)23-9-10(19)5-11(23)7-20/h1-4,6,10-11H,5,8-9H2,(H,22,25). The van der Waals surface area contributed by atoms with Gasteiger partial charge in [-0.1, -0.05) is 0 Å². The van der Waals surface area contributed by atoms with Crippen molar-refractivity contribution in [3.05, 3.63) is 36.0 Å². The molecule has 0 saturated carbocycles. The number of halogens is 1. The third kappa shape index (κ3) is 3.97. The van der Waals surface area contributed by atoms with Crippen LogP contribution in [0.15, 0.2) is 35.4 Å². The molecule has 134 valence electrons. The Morgan fingerprint density at radius 3 is 3.00 bits per heavy atom. The zero-order valence-electron chi connectivity index (χ0n) is 13.5. The molecule has 1 fully saturated rings. The van der Waals surface area contributed by atoms with Crippen LogP contribution < -0.4 is 5.32 Å². The van der Waals surface area contributed by atoms with Gasteiger partial charge in [0, 0.05) is 0 Å². The van der Waals surface area contributed by atoms with E-state index in [9.17, 15) is 14.0 Å². The minimum absolute atomic E-state index is 0.0178. The van der Waals surface area contributed by atoms with Gasteiger partial charge >= 0.3 is 158 Å². The summed E-state index contributed by atoms with van der Waals surface area (Å²) in [4.78, 5) is 31.2. The molecular formula is C17H14AtFN4O2S. The van der Waals surface area contributed by atoms with Gasteiger partial charge in [0.05, 0.1) is 0 Å². The van der Waals surface area contributed by atoms with Crippen LogP contribution in [0.4, 0.5) is 4.39 Å². The van der Waals surface area contributed by atoms with Crippen molar-refractivity contribution in [1.29, 1.82) is 5.26 Å². The molecule has 2 atom stereocenters. The van der Waals surface area contributed by atoms with Crippen LogP contribution in [0.3, 0.4) is 0 Å². The Bertz CT molecular complexity index is 904. The van der Waals surface area contributed by atoms with E-state index in [2.05, 4.69) is 10.3 Å². The predicted molar refractivity (Wildman–Crippen MR) is 90.6 cm³/mol. The Hall–Kier alpha value is -1.78. The summed E-state index contributed by atoms with van der Waals surface area (Å²) in [6.45, 7) is -0.387. The number of fused-ring (bicyclic) bond motifs is 1. The normalized spacial score (nSPS) is 19.3. The summed E-state index contributed by atoms with van der Waals surface area (Å²) in [7, 11) is 1.61. The van der Waals surface area contributed by atoms with Crippen molar-refractivity contribution in [2.45, 2.75) is 23.5 Å². The van der Waals surface area contributed by atoms with Gasteiger partial charge in [-0.3, -0.25) is 0 Å². The van der Waals surface area contributed by atoms with Gasteiger partial charge in [-0.25, -0.2) is 4.39 Å². The van der Waals surface area contributed by atoms with E-state index in [-0.39, 0.29) is 19.5 Å². The maximum absolute atomic E-state index is 13.4. The zero-order valence-corrected chi connectivity index (χ0v) is 17.2. The number of nitrogens with one attached hydrogen (secondary N) is 1. The first-order valence-corrected chi connectivity index (χ1v) is 12.1. The summed E-state index contributed by atoms with van der Waals surface area (Å²) in [6.07, 6.45) is 0.361. The van der Waals surface area contributed by atoms with Crippen LogP contribution >= 0.6 is 8.52 Å². The molecule has 2 unspecified atom stereocenters. The minimum atomic E-state index is -1.20. The van der Waals surface area contributed by atoms with Gasteiger partial charge in [-0.05, 0) is 0 Å². The van der Waals surface area contributed by atoms with E-state index in [1.165, 1.54) is 28.2 Å². The van der Waals surface area contributed by atoms with Crippen LogP contribution in [-0.2, 0) is 4.79 Å². The number of hydrogen-bond donors (Lipinski definition) is 1. The molecule has 0 radical (unpaired) electrons. The van der Waals surface area contributed by atoms with Crippen LogP contribution in [0.25, 0.3) is 10.9 Å². The molecule has 1 N–H and O–H groups in total. The average molecular weight is 567 g/mol. The number of hydrogen-bond acceptors (Lipinski definition) is 5. The quantitative estimate of drug-likeness (QED) is 0.611. The number of carbonyl (C=O) groups is 2. The molecule has 3 rings (SSSR count). The van der Waals surface area contributed by atoms with Crippen molar-refractivity contribution in [3.63, 3.8) is 0 Å². The van der Waals surface area contributed by atoms with Crippen molar-refractivity contribution >= 4 is 31.2 Å². The molecular weight excluding hydrogens is 553 g/mol. The summed E-state index contributed by atoms with van der Waals surface area (Å²) in [5, 5.41) is 12.3. The molecule has 2 amide bonds. The molecule has 1 saturated heterocycles. The maximum atomic E-state index is 13.4. The van der Waals surface area contributed by atoms with Gasteiger partial charge in [0.1, 0.15) is 0 Å². The predicted octanol–water partition coefficient (Wildman–Crippen LogP) is 1.98. The molecule has 0 aliphatic carbocycles. The number of likely N-dealkylation sites (tertiary alicyclic amines) is 1. The van der Waals surface area contributed by atoms with Gasteiger partial charge in [-0.2, -0.15) is 5.26 Å². The second-order valence-corrected chi connectivity index (χ2v) is 8.25. The second-order valence-electron chi connectivity index (χ2n) is 5.82. The fraction of sp³-hybridized carbons (Fsp3) is 0.294.